The molecule has 1 unspecified atom stereocenters. The molecule has 1 amide bonds. The van der Waals surface area contributed by atoms with E-state index in [1.165, 1.54) is 12.8 Å². The van der Waals surface area contributed by atoms with Crippen molar-refractivity contribution in [3.63, 3.8) is 0 Å². The van der Waals surface area contributed by atoms with Crippen LogP contribution < -0.4 is 15.5 Å². The molecule has 3 aromatic rings. The highest BCUT2D eigenvalue weighted by Crippen LogP contribution is 2.21. The zero-order valence-corrected chi connectivity index (χ0v) is 18.7. The number of amides is 1. The summed E-state index contributed by atoms with van der Waals surface area (Å²) in [5.74, 6) is 0.600. The lowest BCUT2D eigenvalue weighted by atomic mass is 9.98. The molecule has 0 spiro atoms. The molecular weight excluding hydrogens is 410 g/mol. The van der Waals surface area contributed by atoms with Gasteiger partial charge in [0.15, 0.2) is 0 Å². The van der Waals surface area contributed by atoms with Crippen molar-refractivity contribution < 1.29 is 4.79 Å². The number of rotatable bonds is 9. The second-order valence-electron chi connectivity index (χ2n) is 8.31. The Morgan fingerprint density at radius 2 is 1.79 bits per heavy atom. The number of benzene rings is 2. The van der Waals surface area contributed by atoms with Crippen LogP contribution in [0.15, 0.2) is 72.9 Å². The molecule has 2 N–H and O–H groups in total. The van der Waals surface area contributed by atoms with E-state index in [2.05, 4.69) is 26.6 Å². The maximum Gasteiger partial charge on any atom is 0.233 e. The van der Waals surface area contributed by atoms with E-state index in [9.17, 15) is 4.79 Å². The molecule has 168 valence electrons. The lowest BCUT2D eigenvalue weighted by Gasteiger charge is -2.19. The van der Waals surface area contributed by atoms with Crippen LogP contribution in [-0.2, 0) is 11.2 Å². The molecule has 0 aliphatic carbocycles. The lowest BCUT2D eigenvalue weighted by Crippen LogP contribution is -2.32. The number of hydrogen-bond acceptors (Lipinski definition) is 5. The van der Waals surface area contributed by atoms with Crippen LogP contribution in [0.5, 0.6) is 0 Å². The van der Waals surface area contributed by atoms with Crippen molar-refractivity contribution in [2.24, 2.45) is 0 Å². The lowest BCUT2D eigenvalue weighted by molar-refractivity contribution is -0.117. The predicted octanol–water partition coefficient (Wildman–Crippen LogP) is 4.11. The molecule has 1 aliphatic rings. The molecule has 1 atom stereocenters. The second kappa shape index (κ2) is 11.3. The molecule has 1 aliphatic heterocycles. The van der Waals surface area contributed by atoms with E-state index in [1.807, 2.05) is 66.7 Å². The summed E-state index contributed by atoms with van der Waals surface area (Å²) in [4.78, 5) is 20.0. The third-order valence-electron chi connectivity index (χ3n) is 5.99. The molecule has 2 aromatic carbocycles. The molecule has 4 rings (SSSR count). The maximum absolute atomic E-state index is 13.2. The molecule has 1 aromatic heterocycles. The van der Waals surface area contributed by atoms with E-state index >= 15 is 0 Å². The highest BCUT2D eigenvalue weighted by Gasteiger charge is 2.21. The first-order valence-electron chi connectivity index (χ1n) is 11.5. The van der Waals surface area contributed by atoms with E-state index in [4.69, 9.17) is 5.26 Å². The van der Waals surface area contributed by atoms with Crippen molar-refractivity contribution in [1.29, 1.82) is 5.26 Å². The van der Waals surface area contributed by atoms with Crippen molar-refractivity contribution >= 4 is 17.4 Å². The topological polar surface area (TPSA) is 81.0 Å². The summed E-state index contributed by atoms with van der Waals surface area (Å²) in [6.45, 7) is 3.37. The van der Waals surface area contributed by atoms with Gasteiger partial charge in [0.05, 0.1) is 29.4 Å². The van der Waals surface area contributed by atoms with Crippen molar-refractivity contribution in [3.8, 4) is 6.07 Å². The Labute approximate surface area is 195 Å². The summed E-state index contributed by atoms with van der Waals surface area (Å²) in [6.07, 6.45) is 4.98. The number of pyridine rings is 1. The van der Waals surface area contributed by atoms with E-state index in [1.54, 1.807) is 6.20 Å². The largest absolute Gasteiger partial charge is 0.357 e. The van der Waals surface area contributed by atoms with Gasteiger partial charge < -0.3 is 15.5 Å². The summed E-state index contributed by atoms with van der Waals surface area (Å²) in [6, 6.07) is 23.5. The average Bonchev–Trinajstić information content (AvgIpc) is 3.40. The molecule has 1 fully saturated rings. The molecule has 2 heterocycles. The van der Waals surface area contributed by atoms with Gasteiger partial charge in [-0.25, -0.2) is 4.98 Å². The highest BCUT2D eigenvalue weighted by atomic mass is 16.1. The summed E-state index contributed by atoms with van der Waals surface area (Å²) in [5, 5.41) is 15.4. The summed E-state index contributed by atoms with van der Waals surface area (Å²) in [7, 11) is 0. The standard InChI is InChI=1S/C27H29N5O/c28-18-22-10-8-21(9-11-22)14-15-29-20-25(23-6-2-1-3-7-23)27(33)31-24-12-13-26(30-19-24)32-16-4-5-17-32/h1-3,6-13,19,25,29H,4-5,14-17,20H2,(H,31,33). The number of aromatic nitrogens is 1. The maximum atomic E-state index is 13.2. The van der Waals surface area contributed by atoms with Gasteiger partial charge in [-0.2, -0.15) is 5.26 Å². The van der Waals surface area contributed by atoms with E-state index in [0.717, 1.165) is 43.0 Å². The van der Waals surface area contributed by atoms with Gasteiger partial charge >= 0.3 is 0 Å². The van der Waals surface area contributed by atoms with E-state index < -0.39 is 0 Å². The smallest absolute Gasteiger partial charge is 0.233 e. The Balaban J connectivity index is 1.35. The molecule has 6 heteroatoms. The summed E-state index contributed by atoms with van der Waals surface area (Å²) >= 11 is 0. The van der Waals surface area contributed by atoms with Crippen molar-refractivity contribution in [2.75, 3.05) is 36.4 Å². The minimum absolute atomic E-state index is 0.0530. The Kier molecular flexibility index (Phi) is 7.68. The van der Waals surface area contributed by atoms with Crippen molar-refractivity contribution in [1.82, 2.24) is 10.3 Å². The fraction of sp³-hybridized carbons (Fsp3) is 0.296. The number of carbonyl (C=O) groups excluding carboxylic acids is 1. The first kappa shape index (κ1) is 22.5. The van der Waals surface area contributed by atoms with Gasteiger partial charge in [-0.15, -0.1) is 0 Å². The quantitative estimate of drug-likeness (QED) is 0.491. The average molecular weight is 440 g/mol. The fourth-order valence-corrected chi connectivity index (χ4v) is 4.10. The Hall–Kier alpha value is -3.69. The Bertz CT molecular complexity index is 1070. The molecule has 6 nitrogen and oxygen atoms in total. The van der Waals surface area contributed by atoms with Gasteiger partial charge in [0.2, 0.25) is 5.91 Å². The van der Waals surface area contributed by atoms with Gasteiger partial charge in [0, 0.05) is 19.6 Å². The zero-order chi connectivity index (χ0) is 22.9. The first-order valence-corrected chi connectivity index (χ1v) is 11.5. The third-order valence-corrected chi connectivity index (χ3v) is 5.99. The number of hydrogen-bond donors (Lipinski definition) is 2. The van der Waals surface area contributed by atoms with Crippen LogP contribution in [0.3, 0.4) is 0 Å². The third kappa shape index (κ3) is 6.18. The minimum Gasteiger partial charge on any atom is -0.357 e. The number of carbonyl (C=O) groups is 1. The molecular formula is C27H29N5O. The molecule has 0 bridgehead atoms. The Morgan fingerprint density at radius 3 is 2.45 bits per heavy atom. The predicted molar refractivity (Wildman–Crippen MR) is 131 cm³/mol. The highest BCUT2D eigenvalue weighted by molar-refractivity contribution is 5.96. The van der Waals surface area contributed by atoms with Gasteiger partial charge in [-0.3, -0.25) is 4.79 Å². The fourth-order valence-electron chi connectivity index (χ4n) is 4.10. The van der Waals surface area contributed by atoms with E-state index in [-0.39, 0.29) is 11.8 Å². The summed E-state index contributed by atoms with van der Waals surface area (Å²) in [5.41, 5.74) is 3.51. The molecule has 1 saturated heterocycles. The van der Waals surface area contributed by atoms with Crippen LogP contribution in [0.2, 0.25) is 0 Å². The molecule has 0 radical (unpaired) electrons. The number of nitrogens with one attached hydrogen (secondary N) is 2. The van der Waals surface area contributed by atoms with Crippen LogP contribution in [0, 0.1) is 11.3 Å². The number of nitriles is 1. The van der Waals surface area contributed by atoms with Crippen molar-refractivity contribution in [2.45, 2.75) is 25.2 Å². The summed E-state index contributed by atoms with van der Waals surface area (Å²) < 4.78 is 0. The molecule has 0 saturated carbocycles. The van der Waals surface area contributed by atoms with Crippen molar-refractivity contribution in [3.05, 3.63) is 89.6 Å². The minimum atomic E-state index is -0.314. The van der Waals surface area contributed by atoms with Crippen LogP contribution in [0.25, 0.3) is 0 Å². The Morgan fingerprint density at radius 1 is 1.03 bits per heavy atom. The van der Waals surface area contributed by atoms with Gasteiger partial charge in [0.25, 0.3) is 0 Å². The number of nitrogens with zero attached hydrogens (tertiary/aromatic N) is 3. The molecule has 33 heavy (non-hydrogen) atoms. The number of anilines is 2. The zero-order valence-electron chi connectivity index (χ0n) is 18.7. The normalized spacial score (nSPS) is 14.0. The van der Waals surface area contributed by atoms with Crippen LogP contribution >= 0.6 is 0 Å². The van der Waals surface area contributed by atoms with Crippen LogP contribution in [-0.4, -0.2) is 37.1 Å². The van der Waals surface area contributed by atoms with Gasteiger partial charge in [-0.05, 0) is 61.2 Å². The van der Waals surface area contributed by atoms with Gasteiger partial charge in [-0.1, -0.05) is 42.5 Å². The first-order chi connectivity index (χ1) is 16.2. The SMILES string of the molecule is N#Cc1ccc(CCNCC(C(=O)Nc2ccc(N3CCCC3)nc2)c2ccccc2)cc1. The van der Waals surface area contributed by atoms with Gasteiger partial charge in [0.1, 0.15) is 5.82 Å². The van der Waals surface area contributed by atoms with E-state index in [0.29, 0.717) is 17.8 Å². The van der Waals surface area contributed by atoms with Crippen LogP contribution in [0.4, 0.5) is 11.5 Å². The monoisotopic (exact) mass is 439 g/mol. The second-order valence-corrected chi connectivity index (χ2v) is 8.31. The van der Waals surface area contributed by atoms with Crippen LogP contribution in [0.1, 0.15) is 35.4 Å².